The molecule has 1 aliphatic rings. The Kier molecular flexibility index (Phi) is 4.01. The minimum absolute atomic E-state index is 0.0278. The van der Waals surface area contributed by atoms with E-state index >= 15 is 0 Å². The first kappa shape index (κ1) is 13.8. The molecule has 0 aromatic rings. The number of likely N-dealkylation sites (tertiary alicyclic amines) is 1. The van der Waals surface area contributed by atoms with E-state index in [-0.39, 0.29) is 12.0 Å². The third-order valence-electron chi connectivity index (χ3n) is 2.97. The first-order valence-electron chi connectivity index (χ1n) is 5.91. The lowest BCUT2D eigenvalue weighted by molar-refractivity contribution is -0.142. The highest BCUT2D eigenvalue weighted by Crippen LogP contribution is 2.25. The highest BCUT2D eigenvalue weighted by atomic mass is 16.6. The average Bonchev–Trinajstić information content (AvgIpc) is 2.62. The van der Waals surface area contributed by atoms with Crippen molar-refractivity contribution in [3.05, 3.63) is 0 Å². The summed E-state index contributed by atoms with van der Waals surface area (Å²) in [6.07, 6.45) is 0.379. The van der Waals surface area contributed by atoms with Gasteiger partial charge in [0, 0.05) is 13.1 Å². The first-order valence-corrected chi connectivity index (χ1v) is 5.91. The average molecular weight is 243 g/mol. The van der Waals surface area contributed by atoms with Crippen LogP contribution in [0.25, 0.3) is 0 Å². The summed E-state index contributed by atoms with van der Waals surface area (Å²) in [6, 6.07) is 0. The number of carboxylic acids is 1. The summed E-state index contributed by atoms with van der Waals surface area (Å²) in [5.74, 6) is -1.19. The second kappa shape index (κ2) is 4.94. The van der Waals surface area contributed by atoms with Crippen LogP contribution in [-0.4, -0.2) is 40.8 Å². The lowest BCUT2D eigenvalue weighted by Crippen LogP contribution is -2.36. The molecule has 0 radical (unpaired) electrons. The summed E-state index contributed by atoms with van der Waals surface area (Å²) in [4.78, 5) is 24.2. The maximum Gasteiger partial charge on any atom is 0.410 e. The fraction of sp³-hybridized carbons (Fsp3) is 0.833. The maximum absolute atomic E-state index is 11.8. The van der Waals surface area contributed by atoms with Crippen molar-refractivity contribution < 1.29 is 19.4 Å². The first-order chi connectivity index (χ1) is 7.70. The molecule has 5 nitrogen and oxygen atoms in total. The number of ether oxygens (including phenoxy) is 1. The lowest BCUT2D eigenvalue weighted by Gasteiger charge is -2.24. The van der Waals surface area contributed by atoms with Gasteiger partial charge >= 0.3 is 12.1 Å². The van der Waals surface area contributed by atoms with Crippen molar-refractivity contribution in [2.75, 3.05) is 13.1 Å². The van der Waals surface area contributed by atoms with E-state index in [1.165, 1.54) is 0 Å². The summed E-state index contributed by atoms with van der Waals surface area (Å²) in [6.45, 7) is 8.19. The number of carboxylic acid groups (broad SMARTS) is 1. The Labute approximate surface area is 102 Å². The van der Waals surface area contributed by atoms with Gasteiger partial charge in [0.1, 0.15) is 5.60 Å². The van der Waals surface area contributed by atoms with E-state index in [4.69, 9.17) is 9.84 Å². The highest BCUT2D eigenvalue weighted by Gasteiger charge is 2.34. The molecule has 1 amide bonds. The van der Waals surface area contributed by atoms with Crippen LogP contribution in [-0.2, 0) is 9.53 Å². The highest BCUT2D eigenvalue weighted by molar-refractivity contribution is 5.71. The SMILES string of the molecule is CC(C(=O)O)C1CCN(C(=O)OC(C)(C)C)C1. The van der Waals surface area contributed by atoms with Crippen LogP contribution < -0.4 is 0 Å². The molecule has 0 spiro atoms. The predicted octanol–water partition coefficient (Wildman–Crippen LogP) is 1.96. The van der Waals surface area contributed by atoms with E-state index in [1.54, 1.807) is 11.8 Å². The molecule has 0 aromatic carbocycles. The largest absolute Gasteiger partial charge is 0.481 e. The van der Waals surface area contributed by atoms with Crippen molar-refractivity contribution in [1.82, 2.24) is 4.90 Å². The molecule has 5 heteroatoms. The number of hydrogen-bond donors (Lipinski definition) is 1. The van der Waals surface area contributed by atoms with Gasteiger partial charge < -0.3 is 14.7 Å². The fourth-order valence-corrected chi connectivity index (χ4v) is 1.89. The lowest BCUT2D eigenvalue weighted by atomic mass is 9.94. The molecule has 0 saturated carbocycles. The number of carbonyl (C=O) groups is 2. The molecule has 1 saturated heterocycles. The Balaban J connectivity index is 2.50. The summed E-state index contributed by atoms with van der Waals surface area (Å²) in [5, 5.41) is 8.92. The van der Waals surface area contributed by atoms with Crippen LogP contribution in [0.4, 0.5) is 4.79 Å². The molecular weight excluding hydrogens is 222 g/mol. The van der Waals surface area contributed by atoms with Crippen molar-refractivity contribution in [1.29, 1.82) is 0 Å². The minimum Gasteiger partial charge on any atom is -0.481 e. The number of rotatable bonds is 2. The molecule has 17 heavy (non-hydrogen) atoms. The number of hydrogen-bond acceptors (Lipinski definition) is 3. The van der Waals surface area contributed by atoms with E-state index < -0.39 is 17.5 Å². The topological polar surface area (TPSA) is 66.8 Å². The predicted molar refractivity (Wildman–Crippen MR) is 62.7 cm³/mol. The van der Waals surface area contributed by atoms with Crippen molar-refractivity contribution in [2.24, 2.45) is 11.8 Å². The van der Waals surface area contributed by atoms with Gasteiger partial charge in [-0.1, -0.05) is 6.92 Å². The van der Waals surface area contributed by atoms with E-state index in [2.05, 4.69) is 0 Å². The second-order valence-corrected chi connectivity index (χ2v) is 5.60. The third kappa shape index (κ3) is 3.91. The number of nitrogens with zero attached hydrogens (tertiary/aromatic N) is 1. The Hall–Kier alpha value is -1.26. The summed E-state index contributed by atoms with van der Waals surface area (Å²) in [7, 11) is 0. The molecule has 0 bridgehead atoms. The number of carbonyl (C=O) groups excluding carboxylic acids is 1. The van der Waals surface area contributed by atoms with Crippen LogP contribution in [0.2, 0.25) is 0 Å². The summed E-state index contributed by atoms with van der Waals surface area (Å²) in [5.41, 5.74) is -0.506. The smallest absolute Gasteiger partial charge is 0.410 e. The van der Waals surface area contributed by atoms with Gasteiger partial charge in [-0.05, 0) is 33.1 Å². The van der Waals surface area contributed by atoms with Gasteiger partial charge in [-0.15, -0.1) is 0 Å². The normalized spacial score (nSPS) is 22.4. The van der Waals surface area contributed by atoms with Gasteiger partial charge in [-0.2, -0.15) is 0 Å². The summed E-state index contributed by atoms with van der Waals surface area (Å²) >= 11 is 0. The molecule has 0 aliphatic carbocycles. The molecule has 1 heterocycles. The van der Waals surface area contributed by atoms with Crippen molar-refractivity contribution in [2.45, 2.75) is 39.7 Å². The monoisotopic (exact) mass is 243 g/mol. The standard InChI is InChI=1S/C12H21NO4/c1-8(10(14)15)9-5-6-13(7-9)11(16)17-12(2,3)4/h8-9H,5-7H2,1-4H3,(H,14,15). The van der Waals surface area contributed by atoms with Gasteiger partial charge in [0.25, 0.3) is 0 Å². The van der Waals surface area contributed by atoms with Crippen molar-refractivity contribution in [3.8, 4) is 0 Å². The van der Waals surface area contributed by atoms with Crippen molar-refractivity contribution >= 4 is 12.1 Å². The van der Waals surface area contributed by atoms with E-state index in [0.717, 1.165) is 6.42 Å². The zero-order valence-corrected chi connectivity index (χ0v) is 10.9. The Bertz CT molecular complexity index is 308. The van der Waals surface area contributed by atoms with Gasteiger partial charge in [0.2, 0.25) is 0 Å². The van der Waals surface area contributed by atoms with Crippen LogP contribution in [0.15, 0.2) is 0 Å². The molecular formula is C12H21NO4. The van der Waals surface area contributed by atoms with Crippen LogP contribution in [0.3, 0.4) is 0 Å². The maximum atomic E-state index is 11.8. The molecule has 1 N–H and O–H groups in total. The molecule has 2 unspecified atom stereocenters. The molecule has 1 fully saturated rings. The van der Waals surface area contributed by atoms with Crippen LogP contribution >= 0.6 is 0 Å². The van der Waals surface area contributed by atoms with Gasteiger partial charge in [-0.3, -0.25) is 4.79 Å². The van der Waals surface area contributed by atoms with E-state index in [9.17, 15) is 9.59 Å². The van der Waals surface area contributed by atoms with E-state index in [1.807, 2.05) is 20.8 Å². The zero-order chi connectivity index (χ0) is 13.2. The van der Waals surface area contributed by atoms with E-state index in [0.29, 0.717) is 13.1 Å². The quantitative estimate of drug-likeness (QED) is 0.805. The molecule has 2 atom stereocenters. The van der Waals surface area contributed by atoms with Crippen LogP contribution in [0, 0.1) is 11.8 Å². The van der Waals surface area contributed by atoms with Gasteiger partial charge in [0.05, 0.1) is 5.92 Å². The summed E-state index contributed by atoms with van der Waals surface area (Å²) < 4.78 is 5.25. The van der Waals surface area contributed by atoms with Crippen LogP contribution in [0.1, 0.15) is 34.1 Å². The Morgan fingerprint density at radius 3 is 2.47 bits per heavy atom. The number of amides is 1. The molecule has 0 aromatic heterocycles. The Morgan fingerprint density at radius 1 is 1.41 bits per heavy atom. The fourth-order valence-electron chi connectivity index (χ4n) is 1.89. The van der Waals surface area contributed by atoms with Gasteiger partial charge in [-0.25, -0.2) is 4.79 Å². The third-order valence-corrected chi connectivity index (χ3v) is 2.97. The second-order valence-electron chi connectivity index (χ2n) is 5.60. The number of aliphatic carboxylic acids is 1. The zero-order valence-electron chi connectivity index (χ0n) is 10.9. The molecule has 1 aliphatic heterocycles. The minimum atomic E-state index is -0.805. The van der Waals surface area contributed by atoms with Crippen molar-refractivity contribution in [3.63, 3.8) is 0 Å². The molecule has 98 valence electrons. The van der Waals surface area contributed by atoms with Crippen LogP contribution in [0.5, 0.6) is 0 Å². The Morgan fingerprint density at radius 2 is 2.00 bits per heavy atom. The van der Waals surface area contributed by atoms with Gasteiger partial charge in [0.15, 0.2) is 0 Å². The molecule has 1 rings (SSSR count).